The van der Waals surface area contributed by atoms with Gasteiger partial charge in [-0.15, -0.1) is 0 Å². The molecule has 1 atom stereocenters. The fourth-order valence-corrected chi connectivity index (χ4v) is 5.73. The summed E-state index contributed by atoms with van der Waals surface area (Å²) in [4.78, 5) is 6.72. The Labute approximate surface area is 159 Å². The second-order valence-electron chi connectivity index (χ2n) is 7.28. The molecule has 144 valence electrons. The van der Waals surface area contributed by atoms with Gasteiger partial charge in [0.25, 0.3) is 0 Å². The van der Waals surface area contributed by atoms with Gasteiger partial charge in [0.05, 0.1) is 0 Å². The number of halogens is 1. The molecule has 0 saturated carbocycles. The Bertz CT molecular complexity index is 913. The van der Waals surface area contributed by atoms with Gasteiger partial charge in [0.1, 0.15) is 16.5 Å². The lowest BCUT2D eigenvalue weighted by Gasteiger charge is -2.28. The Hall–Kier alpha value is -1.99. The van der Waals surface area contributed by atoms with Crippen molar-refractivity contribution in [3.63, 3.8) is 0 Å². The average molecular weight is 389 g/mol. The molecule has 2 aliphatic rings. The van der Waals surface area contributed by atoms with Gasteiger partial charge in [0.2, 0.25) is 10.0 Å². The third-order valence-corrected chi connectivity index (χ3v) is 7.41. The van der Waals surface area contributed by atoms with Crippen molar-refractivity contribution in [3.05, 3.63) is 54.0 Å². The maximum absolute atomic E-state index is 13.6. The highest BCUT2D eigenvalue weighted by Gasteiger charge is 2.33. The summed E-state index contributed by atoms with van der Waals surface area (Å²) in [6.45, 7) is 2.49. The molecule has 0 radical (unpaired) electrons. The van der Waals surface area contributed by atoms with Crippen molar-refractivity contribution in [1.82, 2.24) is 9.29 Å². The van der Waals surface area contributed by atoms with Crippen LogP contribution in [-0.2, 0) is 10.0 Å². The standard InChI is InChI=1S/C20H24FN3O2S/c21-18-7-4-6-16(14-18)17-9-13-23(15-17)20-19(8-5-10-22-20)27(25,26)24-11-2-1-3-12-24/h4-8,10,14,17H,1-3,9,11-13,15H2. The molecule has 0 aliphatic carbocycles. The first kappa shape index (κ1) is 18.4. The van der Waals surface area contributed by atoms with Crippen molar-refractivity contribution in [2.24, 2.45) is 0 Å². The summed E-state index contributed by atoms with van der Waals surface area (Å²) >= 11 is 0. The zero-order valence-corrected chi connectivity index (χ0v) is 16.0. The lowest BCUT2D eigenvalue weighted by molar-refractivity contribution is 0.346. The van der Waals surface area contributed by atoms with E-state index in [1.165, 1.54) is 6.07 Å². The summed E-state index contributed by atoms with van der Waals surface area (Å²) in [5.74, 6) is 0.451. The van der Waals surface area contributed by atoms with E-state index in [-0.39, 0.29) is 16.6 Å². The molecule has 1 unspecified atom stereocenters. The number of aromatic nitrogens is 1. The third kappa shape index (κ3) is 3.71. The van der Waals surface area contributed by atoms with Gasteiger partial charge in [-0.25, -0.2) is 17.8 Å². The Kier molecular flexibility index (Phi) is 5.14. The summed E-state index contributed by atoms with van der Waals surface area (Å²) in [5.41, 5.74) is 0.953. The predicted octanol–water partition coefficient (Wildman–Crippen LogP) is 3.39. The van der Waals surface area contributed by atoms with Gasteiger partial charge >= 0.3 is 0 Å². The Morgan fingerprint density at radius 1 is 1.04 bits per heavy atom. The molecule has 3 heterocycles. The molecule has 7 heteroatoms. The van der Waals surface area contributed by atoms with Crippen LogP contribution in [-0.4, -0.2) is 43.9 Å². The number of hydrogen-bond acceptors (Lipinski definition) is 4. The normalized spacial score (nSPS) is 21.5. The van der Waals surface area contributed by atoms with E-state index >= 15 is 0 Å². The number of piperidine rings is 1. The lowest BCUT2D eigenvalue weighted by atomic mass is 9.98. The fraction of sp³-hybridized carbons (Fsp3) is 0.450. The van der Waals surface area contributed by atoms with E-state index in [4.69, 9.17) is 0 Å². The van der Waals surface area contributed by atoms with Crippen molar-refractivity contribution in [3.8, 4) is 0 Å². The van der Waals surface area contributed by atoms with E-state index in [9.17, 15) is 12.8 Å². The molecule has 2 aromatic rings. The summed E-state index contributed by atoms with van der Waals surface area (Å²) in [5, 5.41) is 0. The second kappa shape index (κ2) is 7.56. The molecular weight excluding hydrogens is 365 g/mol. The van der Waals surface area contributed by atoms with Crippen LogP contribution >= 0.6 is 0 Å². The highest BCUT2D eigenvalue weighted by Crippen LogP contribution is 2.34. The van der Waals surface area contributed by atoms with Crippen LogP contribution in [0.3, 0.4) is 0 Å². The van der Waals surface area contributed by atoms with Crippen LogP contribution in [0.5, 0.6) is 0 Å². The maximum Gasteiger partial charge on any atom is 0.246 e. The van der Waals surface area contributed by atoms with Crippen LogP contribution in [0.15, 0.2) is 47.5 Å². The second-order valence-corrected chi connectivity index (χ2v) is 9.18. The fourth-order valence-electron chi connectivity index (χ4n) is 4.05. The van der Waals surface area contributed by atoms with E-state index in [0.717, 1.165) is 31.2 Å². The lowest BCUT2D eigenvalue weighted by Crippen LogP contribution is -2.36. The molecule has 5 nitrogen and oxygen atoms in total. The van der Waals surface area contributed by atoms with Crippen LogP contribution in [0.4, 0.5) is 10.2 Å². The minimum absolute atomic E-state index is 0.174. The van der Waals surface area contributed by atoms with Crippen molar-refractivity contribution in [2.75, 3.05) is 31.1 Å². The molecule has 2 saturated heterocycles. The Morgan fingerprint density at radius 2 is 1.85 bits per heavy atom. The minimum Gasteiger partial charge on any atom is -0.355 e. The van der Waals surface area contributed by atoms with E-state index in [1.807, 2.05) is 11.0 Å². The molecule has 0 bridgehead atoms. The topological polar surface area (TPSA) is 53.5 Å². The van der Waals surface area contributed by atoms with Crippen LogP contribution in [0.1, 0.15) is 37.2 Å². The largest absolute Gasteiger partial charge is 0.355 e. The highest BCUT2D eigenvalue weighted by molar-refractivity contribution is 7.89. The first-order valence-corrected chi connectivity index (χ1v) is 11.0. The van der Waals surface area contributed by atoms with Crippen molar-refractivity contribution in [1.29, 1.82) is 0 Å². The first-order valence-electron chi connectivity index (χ1n) is 9.51. The average Bonchev–Trinajstić information content (AvgIpc) is 3.19. The molecule has 2 fully saturated rings. The summed E-state index contributed by atoms with van der Waals surface area (Å²) in [6.07, 6.45) is 5.37. The van der Waals surface area contributed by atoms with Crippen LogP contribution in [0, 0.1) is 5.82 Å². The number of anilines is 1. The van der Waals surface area contributed by atoms with E-state index in [1.54, 1.807) is 34.8 Å². The Morgan fingerprint density at radius 3 is 2.63 bits per heavy atom. The number of nitrogens with zero attached hydrogens (tertiary/aromatic N) is 3. The van der Waals surface area contributed by atoms with E-state index in [2.05, 4.69) is 4.98 Å². The van der Waals surface area contributed by atoms with Crippen molar-refractivity contribution in [2.45, 2.75) is 36.5 Å². The van der Waals surface area contributed by atoms with Crippen molar-refractivity contribution < 1.29 is 12.8 Å². The molecule has 0 N–H and O–H groups in total. The smallest absolute Gasteiger partial charge is 0.246 e. The third-order valence-electron chi connectivity index (χ3n) is 5.49. The molecule has 1 aromatic carbocycles. The summed E-state index contributed by atoms with van der Waals surface area (Å²) in [7, 11) is -3.55. The Balaban J connectivity index is 1.60. The summed E-state index contributed by atoms with van der Waals surface area (Å²) in [6, 6.07) is 10.00. The van der Waals surface area contributed by atoms with Gasteiger partial charge in [-0.1, -0.05) is 18.6 Å². The van der Waals surface area contributed by atoms with Gasteiger partial charge in [-0.2, -0.15) is 4.31 Å². The van der Waals surface area contributed by atoms with Gasteiger partial charge in [0.15, 0.2) is 0 Å². The quantitative estimate of drug-likeness (QED) is 0.804. The monoisotopic (exact) mass is 389 g/mol. The molecule has 0 amide bonds. The van der Waals surface area contributed by atoms with Crippen molar-refractivity contribution >= 4 is 15.8 Å². The number of benzene rings is 1. The number of hydrogen-bond donors (Lipinski definition) is 0. The zero-order valence-electron chi connectivity index (χ0n) is 15.2. The van der Waals surface area contributed by atoms with Crippen LogP contribution in [0.2, 0.25) is 0 Å². The van der Waals surface area contributed by atoms with Gasteiger partial charge in [-0.05, 0) is 49.1 Å². The maximum atomic E-state index is 13.6. The highest BCUT2D eigenvalue weighted by atomic mass is 32.2. The van der Waals surface area contributed by atoms with Crippen LogP contribution in [0.25, 0.3) is 0 Å². The molecule has 2 aliphatic heterocycles. The van der Waals surface area contributed by atoms with Gasteiger partial charge in [-0.3, -0.25) is 0 Å². The molecule has 1 aromatic heterocycles. The predicted molar refractivity (Wildman–Crippen MR) is 103 cm³/mol. The molecular formula is C20H24FN3O2S. The van der Waals surface area contributed by atoms with Gasteiger partial charge in [0, 0.05) is 38.3 Å². The molecule has 27 heavy (non-hydrogen) atoms. The number of sulfonamides is 1. The van der Waals surface area contributed by atoms with E-state index in [0.29, 0.717) is 32.0 Å². The summed E-state index contributed by atoms with van der Waals surface area (Å²) < 4.78 is 41.5. The van der Waals surface area contributed by atoms with Crippen LogP contribution < -0.4 is 4.90 Å². The van der Waals surface area contributed by atoms with Gasteiger partial charge < -0.3 is 4.90 Å². The first-order chi connectivity index (χ1) is 13.1. The number of pyridine rings is 1. The SMILES string of the molecule is O=S(=O)(c1cccnc1N1CCC(c2cccc(F)c2)C1)N1CCCCC1. The molecule has 0 spiro atoms. The minimum atomic E-state index is -3.55. The molecule has 4 rings (SSSR count). The zero-order chi connectivity index (χ0) is 18.9. The number of rotatable bonds is 4. The van der Waals surface area contributed by atoms with E-state index < -0.39 is 10.0 Å².